The van der Waals surface area contributed by atoms with Gasteiger partial charge in [-0.25, -0.2) is 4.98 Å². The van der Waals surface area contributed by atoms with E-state index in [-0.39, 0.29) is 0 Å². The topological polar surface area (TPSA) is 68.8 Å². The molecule has 0 aliphatic rings. The Morgan fingerprint density at radius 2 is 2.24 bits per heavy atom. The highest BCUT2D eigenvalue weighted by molar-refractivity contribution is 5.45. The van der Waals surface area contributed by atoms with Gasteiger partial charge in [0, 0.05) is 25.4 Å². The molecule has 0 unspecified atom stereocenters. The second-order valence-corrected chi connectivity index (χ2v) is 3.95. The van der Waals surface area contributed by atoms with E-state index < -0.39 is 0 Å². The highest BCUT2D eigenvalue weighted by Gasteiger charge is 2.05. The summed E-state index contributed by atoms with van der Waals surface area (Å²) < 4.78 is 1.84. The van der Waals surface area contributed by atoms with Crippen LogP contribution in [0.5, 0.6) is 0 Å². The zero-order valence-corrected chi connectivity index (χ0v) is 10.1. The summed E-state index contributed by atoms with van der Waals surface area (Å²) in [4.78, 5) is 4.03. The molecule has 90 valence electrons. The van der Waals surface area contributed by atoms with Crippen LogP contribution in [0.25, 0.3) is 0 Å². The first-order valence-corrected chi connectivity index (χ1v) is 5.66. The van der Waals surface area contributed by atoms with Crippen LogP contribution in [0.15, 0.2) is 24.5 Å². The van der Waals surface area contributed by atoms with E-state index in [1.165, 1.54) is 5.56 Å². The van der Waals surface area contributed by atoms with Gasteiger partial charge in [0.1, 0.15) is 5.82 Å². The second-order valence-electron chi connectivity index (χ2n) is 3.95. The fourth-order valence-corrected chi connectivity index (χ4v) is 1.74. The Bertz CT molecular complexity index is 486. The van der Waals surface area contributed by atoms with Crippen molar-refractivity contribution in [3.05, 3.63) is 35.8 Å². The van der Waals surface area contributed by atoms with Crippen LogP contribution in [0, 0.1) is 0 Å². The average Bonchev–Trinajstić information content (AvgIpc) is 2.69. The Morgan fingerprint density at radius 3 is 2.88 bits per heavy atom. The van der Waals surface area contributed by atoms with Crippen LogP contribution < -0.4 is 11.1 Å². The van der Waals surface area contributed by atoms with E-state index in [0.717, 1.165) is 24.3 Å². The molecule has 2 aromatic heterocycles. The van der Waals surface area contributed by atoms with E-state index >= 15 is 0 Å². The first kappa shape index (κ1) is 11.4. The molecule has 5 heteroatoms. The molecular formula is C12H17N5. The molecule has 0 radical (unpaired) electrons. The van der Waals surface area contributed by atoms with Crippen molar-refractivity contribution in [2.45, 2.75) is 19.9 Å². The molecule has 2 rings (SSSR count). The third kappa shape index (κ3) is 2.75. The van der Waals surface area contributed by atoms with E-state index in [4.69, 9.17) is 5.73 Å². The van der Waals surface area contributed by atoms with Crippen LogP contribution in [0.3, 0.4) is 0 Å². The lowest BCUT2D eigenvalue weighted by atomic mass is 10.2. The van der Waals surface area contributed by atoms with Gasteiger partial charge in [-0.3, -0.25) is 4.68 Å². The lowest BCUT2D eigenvalue weighted by Gasteiger charge is -2.05. The molecule has 2 heterocycles. The van der Waals surface area contributed by atoms with Crippen molar-refractivity contribution >= 4 is 11.5 Å². The summed E-state index contributed by atoms with van der Waals surface area (Å²) in [6.07, 6.45) is 4.71. The minimum Gasteiger partial charge on any atom is -0.384 e. The number of pyridine rings is 1. The van der Waals surface area contributed by atoms with Gasteiger partial charge < -0.3 is 11.1 Å². The number of aromatic nitrogens is 3. The van der Waals surface area contributed by atoms with Crippen molar-refractivity contribution in [3.8, 4) is 0 Å². The van der Waals surface area contributed by atoms with Gasteiger partial charge in [-0.15, -0.1) is 0 Å². The monoisotopic (exact) mass is 231 g/mol. The molecule has 0 atom stereocenters. The summed E-state index contributed by atoms with van der Waals surface area (Å²) in [6.45, 7) is 2.86. The summed E-state index contributed by atoms with van der Waals surface area (Å²) in [7, 11) is 1.94. The third-order valence-electron chi connectivity index (χ3n) is 2.60. The van der Waals surface area contributed by atoms with Crippen LogP contribution in [-0.4, -0.2) is 14.8 Å². The molecular weight excluding hydrogens is 214 g/mol. The zero-order chi connectivity index (χ0) is 12.3. The molecule has 0 bridgehead atoms. The number of nitrogens with two attached hydrogens (primary N) is 1. The maximum absolute atomic E-state index is 5.53. The second kappa shape index (κ2) is 4.86. The molecule has 5 nitrogen and oxygen atoms in total. The smallest absolute Gasteiger partial charge is 0.123 e. The number of hydrogen-bond donors (Lipinski definition) is 2. The van der Waals surface area contributed by atoms with Crippen LogP contribution in [0.1, 0.15) is 18.2 Å². The largest absolute Gasteiger partial charge is 0.384 e. The third-order valence-corrected chi connectivity index (χ3v) is 2.60. The number of nitrogen functional groups attached to an aromatic ring is 1. The fourth-order valence-electron chi connectivity index (χ4n) is 1.74. The number of nitrogens with one attached hydrogen (secondary N) is 1. The Balaban J connectivity index is 2.04. The first-order valence-electron chi connectivity index (χ1n) is 5.66. The van der Waals surface area contributed by atoms with Gasteiger partial charge >= 0.3 is 0 Å². The van der Waals surface area contributed by atoms with Gasteiger partial charge in [0.05, 0.1) is 17.6 Å². The summed E-state index contributed by atoms with van der Waals surface area (Å²) in [5.41, 5.74) is 8.84. The lowest BCUT2D eigenvalue weighted by molar-refractivity contribution is 0.746. The first-order chi connectivity index (χ1) is 8.19. The molecule has 0 spiro atoms. The Labute approximate surface area is 101 Å². The average molecular weight is 231 g/mol. The van der Waals surface area contributed by atoms with Crippen molar-refractivity contribution < 1.29 is 0 Å². The van der Waals surface area contributed by atoms with Crippen molar-refractivity contribution in [2.24, 2.45) is 7.05 Å². The molecule has 0 aliphatic carbocycles. The van der Waals surface area contributed by atoms with Crippen LogP contribution in [0.2, 0.25) is 0 Å². The van der Waals surface area contributed by atoms with E-state index in [1.807, 2.05) is 24.0 Å². The van der Waals surface area contributed by atoms with Gasteiger partial charge in [-0.1, -0.05) is 6.92 Å². The number of anilines is 2. The minimum atomic E-state index is 0.533. The molecule has 0 fully saturated rings. The number of aryl methyl sites for hydroxylation is 2. The van der Waals surface area contributed by atoms with Gasteiger partial charge in [0.2, 0.25) is 0 Å². The molecule has 0 saturated carbocycles. The summed E-state index contributed by atoms with van der Waals surface area (Å²) in [5.74, 6) is 0.533. The SMILES string of the molecule is CCc1nn(C)cc1CNc1ccc(N)nc1. The van der Waals surface area contributed by atoms with Crippen molar-refractivity contribution in [1.82, 2.24) is 14.8 Å². The van der Waals surface area contributed by atoms with E-state index in [2.05, 4.69) is 22.3 Å². The lowest BCUT2D eigenvalue weighted by Crippen LogP contribution is -2.01. The van der Waals surface area contributed by atoms with Crippen LogP contribution in [-0.2, 0) is 20.0 Å². The predicted molar refractivity (Wildman–Crippen MR) is 68.6 cm³/mol. The van der Waals surface area contributed by atoms with Crippen LogP contribution >= 0.6 is 0 Å². The summed E-state index contributed by atoms with van der Waals surface area (Å²) in [6, 6.07) is 3.70. The van der Waals surface area contributed by atoms with Crippen molar-refractivity contribution in [1.29, 1.82) is 0 Å². The van der Waals surface area contributed by atoms with Crippen LogP contribution in [0.4, 0.5) is 11.5 Å². The molecule has 0 amide bonds. The number of nitrogens with zero attached hydrogens (tertiary/aromatic N) is 3. The van der Waals surface area contributed by atoms with Gasteiger partial charge in [-0.05, 0) is 18.6 Å². The van der Waals surface area contributed by atoms with E-state index in [0.29, 0.717) is 5.82 Å². The van der Waals surface area contributed by atoms with E-state index in [9.17, 15) is 0 Å². The number of hydrogen-bond acceptors (Lipinski definition) is 4. The zero-order valence-electron chi connectivity index (χ0n) is 10.1. The highest BCUT2D eigenvalue weighted by Crippen LogP contribution is 2.12. The molecule has 0 aromatic carbocycles. The Kier molecular flexibility index (Phi) is 3.27. The normalized spacial score (nSPS) is 10.5. The quantitative estimate of drug-likeness (QED) is 0.838. The molecule has 0 aliphatic heterocycles. The van der Waals surface area contributed by atoms with Crippen molar-refractivity contribution in [3.63, 3.8) is 0 Å². The fraction of sp³-hybridized carbons (Fsp3) is 0.333. The maximum atomic E-state index is 5.53. The highest BCUT2D eigenvalue weighted by atomic mass is 15.3. The standard InChI is InChI=1S/C12H17N5/c1-3-11-9(8-17(2)16-11)6-14-10-4-5-12(13)15-7-10/h4-5,7-8,14H,3,6H2,1-2H3,(H2,13,15). The van der Waals surface area contributed by atoms with Gasteiger partial charge in [-0.2, -0.15) is 5.10 Å². The molecule has 0 saturated heterocycles. The molecule has 3 N–H and O–H groups in total. The minimum absolute atomic E-state index is 0.533. The van der Waals surface area contributed by atoms with Gasteiger partial charge in [0.15, 0.2) is 0 Å². The summed E-state index contributed by atoms with van der Waals surface area (Å²) in [5, 5.41) is 7.70. The summed E-state index contributed by atoms with van der Waals surface area (Å²) >= 11 is 0. The van der Waals surface area contributed by atoms with E-state index in [1.54, 1.807) is 12.3 Å². The van der Waals surface area contributed by atoms with Crippen molar-refractivity contribution in [2.75, 3.05) is 11.1 Å². The Morgan fingerprint density at radius 1 is 1.41 bits per heavy atom. The molecule has 2 aromatic rings. The Hall–Kier alpha value is -2.04. The van der Waals surface area contributed by atoms with Gasteiger partial charge in [0.25, 0.3) is 0 Å². The number of rotatable bonds is 4. The molecule has 17 heavy (non-hydrogen) atoms. The predicted octanol–water partition coefficient (Wildman–Crippen LogP) is 1.57. The maximum Gasteiger partial charge on any atom is 0.123 e.